The number of nitro benzene ring substituents is 1. The van der Waals surface area contributed by atoms with Crippen LogP contribution < -0.4 is 14.8 Å². The third kappa shape index (κ3) is 4.11. The third-order valence-corrected chi connectivity index (χ3v) is 5.97. The second kappa shape index (κ2) is 8.67. The van der Waals surface area contributed by atoms with E-state index >= 15 is 0 Å². The molecule has 0 fully saturated rings. The molecule has 0 spiro atoms. The maximum Gasteiger partial charge on any atom is 0.292 e. The summed E-state index contributed by atoms with van der Waals surface area (Å²) in [5.74, 6) is 1.42. The Morgan fingerprint density at radius 2 is 1.85 bits per heavy atom. The Hall–Kier alpha value is -4.31. The molecular weight excluding hydrogens is 442 g/mol. The van der Waals surface area contributed by atoms with Gasteiger partial charge < -0.3 is 14.8 Å². The maximum absolute atomic E-state index is 11.4. The van der Waals surface area contributed by atoms with Crippen LogP contribution in [0.15, 0.2) is 67.0 Å². The van der Waals surface area contributed by atoms with E-state index in [9.17, 15) is 10.1 Å². The Morgan fingerprint density at radius 1 is 1.03 bits per heavy atom. The highest BCUT2D eigenvalue weighted by Gasteiger charge is 2.17. The normalized spacial score (nSPS) is 10.9. The number of methoxy groups -OCH3 is 1. The summed E-state index contributed by atoms with van der Waals surface area (Å²) >= 11 is 1.57. The summed E-state index contributed by atoms with van der Waals surface area (Å²) in [5.41, 5.74) is 1.81. The zero-order chi connectivity index (χ0) is 22.8. The van der Waals surface area contributed by atoms with Crippen molar-refractivity contribution in [2.45, 2.75) is 6.61 Å². The van der Waals surface area contributed by atoms with E-state index in [2.05, 4.69) is 20.3 Å². The molecule has 5 rings (SSSR count). The molecule has 0 aliphatic carbocycles. The number of aromatic nitrogens is 3. The first-order chi connectivity index (χ1) is 16.1. The van der Waals surface area contributed by atoms with E-state index in [0.29, 0.717) is 33.9 Å². The number of thiazole rings is 1. The van der Waals surface area contributed by atoms with Gasteiger partial charge in [0.2, 0.25) is 0 Å². The van der Waals surface area contributed by atoms with E-state index in [1.807, 2.05) is 24.3 Å². The molecule has 3 aromatic carbocycles. The molecule has 0 unspecified atom stereocenters. The first-order valence-corrected chi connectivity index (χ1v) is 10.7. The fourth-order valence-electron chi connectivity index (χ4n) is 3.42. The number of benzene rings is 3. The molecule has 0 saturated carbocycles. The molecule has 0 atom stereocenters. The van der Waals surface area contributed by atoms with Crippen molar-refractivity contribution < 1.29 is 14.4 Å². The smallest absolute Gasteiger partial charge is 0.292 e. The summed E-state index contributed by atoms with van der Waals surface area (Å²) in [6, 6.07) is 17.8. The van der Waals surface area contributed by atoms with Crippen LogP contribution in [-0.2, 0) is 6.61 Å². The molecular formula is C23H17N5O4S. The Kier molecular flexibility index (Phi) is 5.41. The van der Waals surface area contributed by atoms with Crippen LogP contribution in [-0.4, -0.2) is 27.0 Å². The summed E-state index contributed by atoms with van der Waals surface area (Å²) in [5, 5.41) is 15.9. The standard InChI is InChI=1S/C23H17N5O4S/c1-31-19-11-17-14(10-20(19)32-12-22-26-16-7-3-5-9-21(16)33-22)23(25-13-24-17)27-15-6-2-4-8-18(15)28(29)30/h2-11,13H,12H2,1H3,(H,24,25,27). The number of para-hydroxylation sites is 3. The number of rotatable bonds is 7. The van der Waals surface area contributed by atoms with Crippen LogP contribution in [0.4, 0.5) is 17.2 Å². The molecule has 2 aromatic heterocycles. The van der Waals surface area contributed by atoms with Crippen LogP contribution in [0.25, 0.3) is 21.1 Å². The summed E-state index contributed by atoms with van der Waals surface area (Å²) in [6.07, 6.45) is 1.39. The van der Waals surface area contributed by atoms with E-state index in [1.54, 1.807) is 48.8 Å². The van der Waals surface area contributed by atoms with Crippen molar-refractivity contribution in [1.82, 2.24) is 15.0 Å². The minimum atomic E-state index is -0.443. The molecule has 0 aliphatic heterocycles. The predicted molar refractivity (Wildman–Crippen MR) is 126 cm³/mol. The molecule has 164 valence electrons. The van der Waals surface area contributed by atoms with E-state index in [4.69, 9.17) is 9.47 Å². The lowest BCUT2D eigenvalue weighted by Crippen LogP contribution is -2.01. The number of nitrogens with zero attached hydrogens (tertiary/aromatic N) is 4. The van der Waals surface area contributed by atoms with Crippen molar-refractivity contribution in [3.63, 3.8) is 0 Å². The largest absolute Gasteiger partial charge is 0.493 e. The molecule has 33 heavy (non-hydrogen) atoms. The highest BCUT2D eigenvalue weighted by atomic mass is 32.1. The molecule has 0 saturated heterocycles. The van der Waals surface area contributed by atoms with Gasteiger partial charge in [-0.15, -0.1) is 11.3 Å². The summed E-state index contributed by atoms with van der Waals surface area (Å²) in [6.45, 7) is 0.266. The number of nitro groups is 1. The van der Waals surface area contributed by atoms with Gasteiger partial charge in [0.25, 0.3) is 5.69 Å². The summed E-state index contributed by atoms with van der Waals surface area (Å²) in [7, 11) is 1.55. The van der Waals surface area contributed by atoms with Crippen molar-refractivity contribution in [2.24, 2.45) is 0 Å². The van der Waals surface area contributed by atoms with Crippen LogP contribution in [0.1, 0.15) is 5.01 Å². The van der Waals surface area contributed by atoms with Crippen molar-refractivity contribution in [2.75, 3.05) is 12.4 Å². The minimum Gasteiger partial charge on any atom is -0.493 e. The first kappa shape index (κ1) is 20.6. The average Bonchev–Trinajstić information content (AvgIpc) is 3.25. The molecule has 0 amide bonds. The fraction of sp³-hybridized carbons (Fsp3) is 0.0870. The molecule has 1 N–H and O–H groups in total. The van der Waals surface area contributed by atoms with Gasteiger partial charge >= 0.3 is 0 Å². The van der Waals surface area contributed by atoms with Crippen molar-refractivity contribution in [3.05, 3.63) is 82.1 Å². The third-order valence-electron chi connectivity index (χ3n) is 4.96. The quantitative estimate of drug-likeness (QED) is 0.251. The Bertz CT molecular complexity index is 1450. The number of hydrogen-bond donors (Lipinski definition) is 1. The Morgan fingerprint density at radius 3 is 2.67 bits per heavy atom. The average molecular weight is 459 g/mol. The molecule has 0 aliphatic rings. The highest BCUT2D eigenvalue weighted by molar-refractivity contribution is 7.18. The molecule has 2 heterocycles. The zero-order valence-electron chi connectivity index (χ0n) is 17.4. The van der Waals surface area contributed by atoms with Crippen LogP contribution in [0.3, 0.4) is 0 Å². The second-order valence-corrected chi connectivity index (χ2v) is 8.12. The molecule has 9 nitrogen and oxygen atoms in total. The van der Waals surface area contributed by atoms with Crippen LogP contribution >= 0.6 is 11.3 Å². The van der Waals surface area contributed by atoms with Crippen molar-refractivity contribution in [1.29, 1.82) is 0 Å². The Labute approximate surface area is 191 Å². The fourth-order valence-corrected chi connectivity index (χ4v) is 4.30. The van der Waals surface area contributed by atoms with Crippen LogP contribution in [0.2, 0.25) is 0 Å². The number of hydrogen-bond acceptors (Lipinski definition) is 9. The Balaban J connectivity index is 1.49. The second-order valence-electron chi connectivity index (χ2n) is 7.01. The minimum absolute atomic E-state index is 0.0508. The van der Waals surface area contributed by atoms with Crippen LogP contribution in [0, 0.1) is 10.1 Å². The van der Waals surface area contributed by atoms with Gasteiger partial charge in [-0.25, -0.2) is 15.0 Å². The van der Waals surface area contributed by atoms with E-state index in [0.717, 1.165) is 15.2 Å². The predicted octanol–water partition coefficient (Wildman–Crippen LogP) is 5.48. The maximum atomic E-state index is 11.4. The number of nitrogens with one attached hydrogen (secondary N) is 1. The van der Waals surface area contributed by atoms with Gasteiger partial charge in [-0.3, -0.25) is 10.1 Å². The number of ether oxygens (including phenoxy) is 2. The van der Waals surface area contributed by atoms with Gasteiger partial charge in [-0.1, -0.05) is 24.3 Å². The zero-order valence-corrected chi connectivity index (χ0v) is 18.2. The number of anilines is 2. The summed E-state index contributed by atoms with van der Waals surface area (Å²) < 4.78 is 12.6. The number of fused-ring (bicyclic) bond motifs is 2. The van der Waals surface area contributed by atoms with Gasteiger partial charge in [0.05, 0.1) is 27.8 Å². The van der Waals surface area contributed by atoms with Gasteiger partial charge in [-0.05, 0) is 24.3 Å². The van der Waals surface area contributed by atoms with E-state index in [1.165, 1.54) is 12.4 Å². The first-order valence-electron chi connectivity index (χ1n) is 9.93. The van der Waals surface area contributed by atoms with E-state index < -0.39 is 4.92 Å². The van der Waals surface area contributed by atoms with E-state index in [-0.39, 0.29) is 12.3 Å². The lowest BCUT2D eigenvalue weighted by Gasteiger charge is -2.13. The topological polar surface area (TPSA) is 112 Å². The highest BCUT2D eigenvalue weighted by Crippen LogP contribution is 2.36. The summed E-state index contributed by atoms with van der Waals surface area (Å²) in [4.78, 5) is 24.1. The monoisotopic (exact) mass is 459 g/mol. The lowest BCUT2D eigenvalue weighted by atomic mass is 10.2. The molecule has 0 bridgehead atoms. The van der Waals surface area contributed by atoms with Crippen molar-refractivity contribution >= 4 is 49.6 Å². The molecule has 10 heteroatoms. The van der Waals surface area contributed by atoms with Crippen molar-refractivity contribution in [3.8, 4) is 11.5 Å². The van der Waals surface area contributed by atoms with Crippen LogP contribution in [0.5, 0.6) is 11.5 Å². The van der Waals surface area contributed by atoms with Gasteiger partial charge in [-0.2, -0.15) is 0 Å². The molecule has 0 radical (unpaired) electrons. The van der Waals surface area contributed by atoms with Gasteiger partial charge in [0, 0.05) is 17.5 Å². The SMILES string of the molecule is COc1cc2ncnc(Nc3ccccc3[N+](=O)[O-])c2cc1OCc1nc2ccccc2s1. The molecule has 5 aromatic rings. The van der Waals surface area contributed by atoms with Gasteiger partial charge in [0.15, 0.2) is 11.5 Å². The lowest BCUT2D eigenvalue weighted by molar-refractivity contribution is -0.383. The van der Waals surface area contributed by atoms with Gasteiger partial charge in [0.1, 0.15) is 29.4 Å².